The van der Waals surface area contributed by atoms with Crippen molar-refractivity contribution in [1.82, 2.24) is 4.90 Å². The summed E-state index contributed by atoms with van der Waals surface area (Å²) in [6.45, 7) is 0. The van der Waals surface area contributed by atoms with Crippen LogP contribution in [0, 0.1) is 10.1 Å². The van der Waals surface area contributed by atoms with E-state index in [1.54, 1.807) is 24.3 Å². The third kappa shape index (κ3) is 4.74. The Bertz CT molecular complexity index is 1030. The van der Waals surface area contributed by atoms with Crippen LogP contribution < -0.4 is 0 Å². The van der Waals surface area contributed by atoms with Crippen LogP contribution >= 0.6 is 35.7 Å². The van der Waals surface area contributed by atoms with Crippen LogP contribution in [0.25, 0.3) is 17.4 Å². The average molecular weight is 465 g/mol. The van der Waals surface area contributed by atoms with Gasteiger partial charge in [-0.25, -0.2) is 4.79 Å². The van der Waals surface area contributed by atoms with Crippen molar-refractivity contribution in [3.05, 3.63) is 57.2 Å². The van der Waals surface area contributed by atoms with Gasteiger partial charge in [0.05, 0.1) is 9.83 Å². The number of carboxylic acids is 1. The van der Waals surface area contributed by atoms with E-state index in [4.69, 9.17) is 16.6 Å². The van der Waals surface area contributed by atoms with E-state index in [0.717, 1.165) is 16.7 Å². The number of rotatable bonds is 8. The molecule has 11 heteroatoms. The van der Waals surface area contributed by atoms with E-state index < -0.39 is 22.8 Å². The number of carbonyl (C=O) groups excluding carboxylic acids is 1. The number of thiocarbonyl (C=S) groups is 1. The molecule has 1 aliphatic heterocycles. The smallest absolute Gasteiger partial charge is 0.326 e. The average Bonchev–Trinajstić information content (AvgIpc) is 3.28. The number of carboxylic acid groups (broad SMARTS) is 1. The van der Waals surface area contributed by atoms with Crippen molar-refractivity contribution in [3.8, 4) is 11.3 Å². The molecular formula is C19H16N2O6S3. The van der Waals surface area contributed by atoms with E-state index >= 15 is 0 Å². The van der Waals surface area contributed by atoms with Gasteiger partial charge in [0.15, 0.2) is 0 Å². The largest absolute Gasteiger partial charge is 0.480 e. The molecule has 156 valence electrons. The molecule has 0 unspecified atom stereocenters. The number of furan rings is 1. The zero-order valence-corrected chi connectivity index (χ0v) is 18.1. The van der Waals surface area contributed by atoms with Gasteiger partial charge in [-0.1, -0.05) is 24.0 Å². The Morgan fingerprint density at radius 2 is 2.07 bits per heavy atom. The van der Waals surface area contributed by atoms with E-state index in [9.17, 15) is 24.8 Å². The van der Waals surface area contributed by atoms with E-state index in [-0.39, 0.29) is 14.9 Å². The quantitative estimate of drug-likeness (QED) is 0.265. The normalized spacial score (nSPS) is 16.3. The molecule has 0 bridgehead atoms. The van der Waals surface area contributed by atoms with Crippen LogP contribution in [-0.2, 0) is 9.59 Å². The molecular weight excluding hydrogens is 448 g/mol. The molecule has 1 atom stereocenters. The Labute approximate surface area is 185 Å². The first-order valence-electron chi connectivity index (χ1n) is 8.65. The molecule has 0 radical (unpaired) electrons. The molecule has 0 saturated carbocycles. The summed E-state index contributed by atoms with van der Waals surface area (Å²) in [6, 6.07) is 8.24. The number of nitro benzene ring substituents is 1. The molecule has 1 N–H and O–H groups in total. The predicted octanol–water partition coefficient (Wildman–Crippen LogP) is 4.26. The maximum absolute atomic E-state index is 12.8. The molecule has 1 amide bonds. The summed E-state index contributed by atoms with van der Waals surface area (Å²) in [4.78, 5) is 36.1. The van der Waals surface area contributed by atoms with Crippen LogP contribution in [0.15, 0.2) is 45.7 Å². The third-order valence-corrected chi connectivity index (χ3v) is 6.25. The molecule has 0 spiro atoms. The van der Waals surface area contributed by atoms with Gasteiger partial charge in [0.1, 0.15) is 21.9 Å². The second-order valence-corrected chi connectivity index (χ2v) is 8.85. The van der Waals surface area contributed by atoms with Gasteiger partial charge < -0.3 is 9.52 Å². The summed E-state index contributed by atoms with van der Waals surface area (Å²) >= 11 is 7.77. The minimum atomic E-state index is -1.10. The van der Waals surface area contributed by atoms with Crippen molar-refractivity contribution < 1.29 is 24.0 Å². The summed E-state index contributed by atoms with van der Waals surface area (Å²) in [7, 11) is 0. The van der Waals surface area contributed by atoms with Crippen LogP contribution in [0.4, 0.5) is 5.69 Å². The maximum Gasteiger partial charge on any atom is 0.326 e. The fourth-order valence-corrected chi connectivity index (χ4v) is 4.60. The molecule has 3 rings (SSSR count). The van der Waals surface area contributed by atoms with Crippen molar-refractivity contribution in [2.75, 3.05) is 12.0 Å². The van der Waals surface area contributed by atoms with Crippen LogP contribution in [0.1, 0.15) is 12.2 Å². The van der Waals surface area contributed by atoms with Crippen LogP contribution in [0.3, 0.4) is 0 Å². The number of aliphatic carboxylic acids is 1. The van der Waals surface area contributed by atoms with Gasteiger partial charge in [0.25, 0.3) is 11.6 Å². The number of non-ortho nitro benzene ring substituents is 1. The second kappa shape index (κ2) is 9.45. The van der Waals surface area contributed by atoms with Crippen molar-refractivity contribution in [3.63, 3.8) is 0 Å². The molecule has 2 aromatic rings. The fourth-order valence-electron chi connectivity index (χ4n) is 2.80. The number of thioether (sulfide) groups is 2. The zero-order valence-electron chi connectivity index (χ0n) is 15.6. The highest BCUT2D eigenvalue weighted by molar-refractivity contribution is 8.26. The van der Waals surface area contributed by atoms with Crippen molar-refractivity contribution in [1.29, 1.82) is 0 Å². The lowest BCUT2D eigenvalue weighted by atomic mass is 10.1. The summed E-state index contributed by atoms with van der Waals surface area (Å²) in [5.41, 5.74) is 0.625. The van der Waals surface area contributed by atoms with E-state index in [2.05, 4.69) is 0 Å². The second-order valence-electron chi connectivity index (χ2n) is 6.19. The van der Waals surface area contributed by atoms with Gasteiger partial charge in [-0.15, -0.1) is 0 Å². The van der Waals surface area contributed by atoms with Crippen molar-refractivity contribution in [2.45, 2.75) is 12.5 Å². The van der Waals surface area contributed by atoms with Gasteiger partial charge in [0, 0.05) is 23.8 Å². The lowest BCUT2D eigenvalue weighted by Gasteiger charge is -2.22. The predicted molar refractivity (Wildman–Crippen MR) is 120 cm³/mol. The van der Waals surface area contributed by atoms with E-state index in [0.29, 0.717) is 29.3 Å². The van der Waals surface area contributed by atoms with Gasteiger partial charge in [-0.05, 0) is 42.7 Å². The highest BCUT2D eigenvalue weighted by Gasteiger charge is 2.40. The fraction of sp³-hybridized carbons (Fsp3) is 0.211. The van der Waals surface area contributed by atoms with Gasteiger partial charge in [-0.3, -0.25) is 19.8 Å². The molecule has 0 aliphatic carbocycles. The van der Waals surface area contributed by atoms with E-state index in [1.165, 1.54) is 30.0 Å². The lowest BCUT2D eigenvalue weighted by molar-refractivity contribution is -0.384. The van der Waals surface area contributed by atoms with Crippen LogP contribution in [0.5, 0.6) is 0 Å². The first-order valence-corrected chi connectivity index (χ1v) is 11.3. The lowest BCUT2D eigenvalue weighted by Crippen LogP contribution is -2.44. The SMILES string of the molecule is CSCC[C@@H](C(=O)O)N1C(=O)/C(=C\c2ccc(-c3ccc([N+](=O)[O-])cc3)o2)SC1=S. The minimum absolute atomic E-state index is 0.0244. The Morgan fingerprint density at radius 3 is 2.67 bits per heavy atom. The number of nitro groups is 1. The first kappa shape index (κ1) is 22.1. The van der Waals surface area contributed by atoms with Crippen LogP contribution in [0.2, 0.25) is 0 Å². The molecule has 1 fully saturated rings. The van der Waals surface area contributed by atoms with Gasteiger partial charge in [0.2, 0.25) is 0 Å². The number of carbonyl (C=O) groups is 2. The number of nitrogens with zero attached hydrogens (tertiary/aromatic N) is 2. The van der Waals surface area contributed by atoms with Gasteiger partial charge in [-0.2, -0.15) is 11.8 Å². The third-order valence-electron chi connectivity index (χ3n) is 4.28. The Morgan fingerprint density at radius 1 is 1.37 bits per heavy atom. The maximum atomic E-state index is 12.8. The topological polar surface area (TPSA) is 114 Å². The monoisotopic (exact) mass is 464 g/mol. The number of hydrogen-bond acceptors (Lipinski definition) is 8. The van der Waals surface area contributed by atoms with Crippen molar-refractivity contribution >= 4 is 63.7 Å². The van der Waals surface area contributed by atoms with E-state index in [1.807, 2.05) is 6.26 Å². The van der Waals surface area contributed by atoms with Crippen LogP contribution in [-0.4, -0.2) is 49.2 Å². The molecule has 1 aliphatic rings. The summed E-state index contributed by atoms with van der Waals surface area (Å²) < 4.78 is 5.93. The molecule has 1 saturated heterocycles. The number of benzene rings is 1. The molecule has 1 aromatic heterocycles. The molecule has 1 aromatic carbocycles. The Balaban J connectivity index is 1.80. The first-order chi connectivity index (χ1) is 14.3. The van der Waals surface area contributed by atoms with Crippen molar-refractivity contribution in [2.24, 2.45) is 0 Å². The molecule has 2 heterocycles. The number of hydrogen-bond donors (Lipinski definition) is 1. The highest BCUT2D eigenvalue weighted by atomic mass is 32.2. The Hall–Kier alpha value is -2.63. The zero-order chi connectivity index (χ0) is 21.8. The molecule has 30 heavy (non-hydrogen) atoms. The molecule has 8 nitrogen and oxygen atoms in total. The minimum Gasteiger partial charge on any atom is -0.480 e. The number of amides is 1. The standard InChI is InChI=1S/C19H16N2O6S3/c1-29-9-8-14(18(23)24)20-17(22)16(30-19(20)28)10-13-6-7-15(27-13)11-2-4-12(5-3-11)21(25)26/h2-7,10,14H,8-9H2,1H3,(H,23,24)/b16-10+/t14-/m0/s1. The summed E-state index contributed by atoms with van der Waals surface area (Å²) in [5.74, 6) is -0.106. The van der Waals surface area contributed by atoms with Gasteiger partial charge >= 0.3 is 5.97 Å². The summed E-state index contributed by atoms with van der Waals surface area (Å²) in [5, 5.41) is 20.3. The Kier molecular flexibility index (Phi) is 6.95. The highest BCUT2D eigenvalue weighted by Crippen LogP contribution is 2.35. The summed E-state index contributed by atoms with van der Waals surface area (Å²) in [6.07, 6.45) is 3.67.